The van der Waals surface area contributed by atoms with E-state index in [4.69, 9.17) is 15.7 Å². The molecule has 0 bridgehead atoms. The quantitative estimate of drug-likeness (QED) is 0.376. The number of fused-ring (bicyclic) bond motifs is 1. The Labute approximate surface area is 220 Å². The predicted molar refractivity (Wildman–Crippen MR) is 145 cm³/mol. The molecule has 0 saturated carbocycles. The second-order valence-corrected chi connectivity index (χ2v) is 9.45. The summed E-state index contributed by atoms with van der Waals surface area (Å²) >= 11 is 0. The molecule has 5 aromatic rings. The van der Waals surface area contributed by atoms with Gasteiger partial charge in [-0.25, -0.2) is 14.5 Å². The van der Waals surface area contributed by atoms with Crippen molar-refractivity contribution in [2.75, 3.05) is 37.6 Å². The van der Waals surface area contributed by atoms with Crippen LogP contribution in [-0.2, 0) is 11.8 Å². The van der Waals surface area contributed by atoms with E-state index < -0.39 is 0 Å². The summed E-state index contributed by atoms with van der Waals surface area (Å²) < 4.78 is 3.59. The molecule has 6 rings (SSSR count). The summed E-state index contributed by atoms with van der Waals surface area (Å²) in [5, 5.41) is 8.70. The first kappa shape index (κ1) is 23.8. The zero-order chi connectivity index (χ0) is 26.1. The molecule has 0 aliphatic carbocycles. The van der Waals surface area contributed by atoms with E-state index in [1.54, 1.807) is 17.1 Å². The largest absolute Gasteiger partial charge is 0.353 e. The van der Waals surface area contributed by atoms with Gasteiger partial charge in [0.1, 0.15) is 5.82 Å². The molecule has 10 nitrogen and oxygen atoms in total. The molecule has 1 atom stereocenters. The standard InChI is InChI=1S/C28H29N9O/c1-34-18-22(17-32-34)24-19-37-25(9-10-31-37)27(33-24)21-7-8-26(30-16-21)35-11-13-36(14-12-35)28(38)23(15-29)20-5-3-2-4-6-20/h2-10,16-19,23H,11-15,29H2,1H3/t23-/m0/s1. The summed E-state index contributed by atoms with van der Waals surface area (Å²) in [6, 6.07) is 15.8. The average Bonchev–Trinajstić information content (AvgIpc) is 3.63. The lowest BCUT2D eigenvalue weighted by atomic mass is 9.97. The number of carbonyl (C=O) groups is 1. The van der Waals surface area contributed by atoms with E-state index >= 15 is 0 Å². The molecule has 1 saturated heterocycles. The third-order valence-corrected chi connectivity index (χ3v) is 7.06. The normalized spacial score (nSPS) is 14.7. The van der Waals surface area contributed by atoms with Crippen LogP contribution in [0.5, 0.6) is 0 Å². The van der Waals surface area contributed by atoms with Crippen LogP contribution < -0.4 is 10.6 Å². The van der Waals surface area contributed by atoms with Gasteiger partial charge in [0.15, 0.2) is 0 Å². The Morgan fingerprint density at radius 2 is 1.76 bits per heavy atom. The predicted octanol–water partition coefficient (Wildman–Crippen LogP) is 2.58. The van der Waals surface area contributed by atoms with Gasteiger partial charge in [-0.1, -0.05) is 30.3 Å². The van der Waals surface area contributed by atoms with Crippen molar-refractivity contribution in [3.63, 3.8) is 0 Å². The zero-order valence-electron chi connectivity index (χ0n) is 21.2. The molecule has 10 heteroatoms. The van der Waals surface area contributed by atoms with Crippen molar-refractivity contribution in [1.29, 1.82) is 0 Å². The van der Waals surface area contributed by atoms with Gasteiger partial charge >= 0.3 is 0 Å². The smallest absolute Gasteiger partial charge is 0.231 e. The van der Waals surface area contributed by atoms with E-state index in [0.29, 0.717) is 32.7 Å². The van der Waals surface area contributed by atoms with Crippen LogP contribution in [0.3, 0.4) is 0 Å². The lowest BCUT2D eigenvalue weighted by Crippen LogP contribution is -2.51. The zero-order valence-corrected chi connectivity index (χ0v) is 21.2. The van der Waals surface area contributed by atoms with Gasteiger partial charge in [0, 0.05) is 63.3 Å². The summed E-state index contributed by atoms with van der Waals surface area (Å²) in [7, 11) is 1.88. The number of carbonyl (C=O) groups excluding carboxylic acids is 1. The van der Waals surface area contributed by atoms with Crippen molar-refractivity contribution in [2.24, 2.45) is 12.8 Å². The van der Waals surface area contributed by atoms with Crippen LogP contribution in [0, 0.1) is 0 Å². The van der Waals surface area contributed by atoms with Gasteiger partial charge in [-0.3, -0.25) is 9.48 Å². The molecule has 0 radical (unpaired) electrons. The third-order valence-electron chi connectivity index (χ3n) is 7.06. The van der Waals surface area contributed by atoms with Crippen LogP contribution in [-0.4, -0.2) is 72.9 Å². The topological polar surface area (TPSA) is 110 Å². The summed E-state index contributed by atoms with van der Waals surface area (Å²) in [5.74, 6) is 0.661. The van der Waals surface area contributed by atoms with Crippen molar-refractivity contribution in [3.05, 3.63) is 85.1 Å². The van der Waals surface area contributed by atoms with Crippen molar-refractivity contribution < 1.29 is 4.79 Å². The Morgan fingerprint density at radius 1 is 0.947 bits per heavy atom. The van der Waals surface area contributed by atoms with E-state index in [1.807, 2.05) is 83.6 Å². The molecule has 5 heterocycles. The SMILES string of the molecule is Cn1cc(-c2cn3nccc3c(-c3ccc(N4CCN(C(=O)[C@@H](CN)c5ccccc5)CC4)nc3)n2)cn1. The molecule has 1 aromatic carbocycles. The average molecular weight is 508 g/mol. The Bertz CT molecular complexity index is 1550. The number of anilines is 1. The minimum absolute atomic E-state index is 0.0889. The number of aromatic nitrogens is 6. The van der Waals surface area contributed by atoms with Crippen LogP contribution in [0.15, 0.2) is 79.5 Å². The van der Waals surface area contributed by atoms with E-state index in [-0.39, 0.29) is 11.8 Å². The van der Waals surface area contributed by atoms with E-state index in [9.17, 15) is 4.79 Å². The fourth-order valence-corrected chi connectivity index (χ4v) is 4.99. The molecule has 1 aliphatic heterocycles. The molecule has 4 aromatic heterocycles. The van der Waals surface area contributed by atoms with Crippen LogP contribution in [0.25, 0.3) is 28.0 Å². The van der Waals surface area contributed by atoms with Crippen LogP contribution >= 0.6 is 0 Å². The first-order valence-electron chi connectivity index (χ1n) is 12.7. The number of pyridine rings is 1. The number of nitrogens with zero attached hydrogens (tertiary/aromatic N) is 8. The fourth-order valence-electron chi connectivity index (χ4n) is 4.99. The van der Waals surface area contributed by atoms with E-state index in [1.165, 1.54) is 0 Å². The van der Waals surface area contributed by atoms with E-state index in [2.05, 4.69) is 15.1 Å². The van der Waals surface area contributed by atoms with Gasteiger partial charge in [-0.05, 0) is 23.8 Å². The molecule has 2 N–H and O–H groups in total. The number of aryl methyl sites for hydroxylation is 1. The van der Waals surface area contributed by atoms with Crippen molar-refractivity contribution in [2.45, 2.75) is 5.92 Å². The Kier molecular flexibility index (Phi) is 6.30. The molecule has 1 aliphatic rings. The van der Waals surface area contributed by atoms with Gasteiger partial charge in [-0.15, -0.1) is 0 Å². The Hall–Kier alpha value is -4.57. The second kappa shape index (κ2) is 10.1. The van der Waals surface area contributed by atoms with Crippen molar-refractivity contribution >= 4 is 17.2 Å². The third kappa shape index (κ3) is 4.50. The number of rotatable bonds is 6. The van der Waals surface area contributed by atoms with Crippen LogP contribution in [0.2, 0.25) is 0 Å². The minimum atomic E-state index is -0.310. The second-order valence-electron chi connectivity index (χ2n) is 9.45. The molecular weight excluding hydrogens is 478 g/mol. The highest BCUT2D eigenvalue weighted by Crippen LogP contribution is 2.28. The molecular formula is C28H29N9O. The highest BCUT2D eigenvalue weighted by molar-refractivity contribution is 5.84. The highest BCUT2D eigenvalue weighted by atomic mass is 16.2. The molecule has 1 fully saturated rings. The van der Waals surface area contributed by atoms with Crippen molar-refractivity contribution in [1.82, 2.24) is 34.3 Å². The van der Waals surface area contributed by atoms with E-state index in [0.717, 1.165) is 39.4 Å². The molecule has 192 valence electrons. The Balaban J connectivity index is 1.18. The number of amides is 1. The maximum Gasteiger partial charge on any atom is 0.231 e. The number of hydrogen-bond donors (Lipinski definition) is 1. The number of piperazine rings is 1. The number of nitrogens with two attached hydrogens (primary N) is 1. The first-order valence-corrected chi connectivity index (χ1v) is 12.7. The lowest BCUT2D eigenvalue weighted by Gasteiger charge is -2.37. The molecule has 38 heavy (non-hydrogen) atoms. The van der Waals surface area contributed by atoms with Gasteiger partial charge in [-0.2, -0.15) is 10.2 Å². The highest BCUT2D eigenvalue weighted by Gasteiger charge is 2.28. The summed E-state index contributed by atoms with van der Waals surface area (Å²) in [6.07, 6.45) is 9.26. The van der Waals surface area contributed by atoms with Gasteiger partial charge in [0.2, 0.25) is 5.91 Å². The minimum Gasteiger partial charge on any atom is -0.353 e. The molecule has 0 spiro atoms. The summed E-state index contributed by atoms with van der Waals surface area (Å²) in [4.78, 5) is 27.0. The molecule has 1 amide bonds. The summed E-state index contributed by atoms with van der Waals surface area (Å²) in [5.41, 5.74) is 11.3. The van der Waals surface area contributed by atoms with Gasteiger partial charge in [0.05, 0.1) is 41.4 Å². The molecule has 0 unspecified atom stereocenters. The van der Waals surface area contributed by atoms with Crippen LogP contribution in [0.1, 0.15) is 11.5 Å². The maximum atomic E-state index is 13.2. The van der Waals surface area contributed by atoms with Gasteiger partial charge < -0.3 is 15.5 Å². The number of hydrogen-bond acceptors (Lipinski definition) is 7. The number of benzene rings is 1. The van der Waals surface area contributed by atoms with Gasteiger partial charge in [0.25, 0.3) is 0 Å². The summed E-state index contributed by atoms with van der Waals surface area (Å²) in [6.45, 7) is 3.00. The fraction of sp³-hybridized carbons (Fsp3) is 0.250. The maximum absolute atomic E-state index is 13.2. The van der Waals surface area contributed by atoms with Crippen molar-refractivity contribution in [3.8, 4) is 22.5 Å². The monoisotopic (exact) mass is 507 g/mol. The Morgan fingerprint density at radius 3 is 2.45 bits per heavy atom. The van der Waals surface area contributed by atoms with Crippen LogP contribution in [0.4, 0.5) is 5.82 Å². The first-order chi connectivity index (χ1) is 18.6. The lowest BCUT2D eigenvalue weighted by molar-refractivity contribution is -0.132.